The number of nitrogens with one attached hydrogen (secondary N) is 1. The molecule has 0 aromatic heterocycles. The van der Waals surface area contributed by atoms with Crippen LogP contribution in [0.3, 0.4) is 0 Å². The minimum Gasteiger partial charge on any atom is -0.467 e. The molecular weight excluding hydrogens is 400 g/mol. The Morgan fingerprint density at radius 1 is 1.27 bits per heavy atom. The third kappa shape index (κ3) is 5.34. The Kier molecular flexibility index (Phi) is 7.76. The second-order valence-corrected chi connectivity index (χ2v) is 8.30. The van der Waals surface area contributed by atoms with Crippen molar-refractivity contribution >= 4 is 29.3 Å². The number of methoxy groups -OCH3 is 1. The van der Waals surface area contributed by atoms with Crippen molar-refractivity contribution in [3.63, 3.8) is 0 Å². The molecule has 2 aromatic carbocycles. The van der Waals surface area contributed by atoms with Crippen LogP contribution >= 0.6 is 11.8 Å². The highest BCUT2D eigenvalue weighted by molar-refractivity contribution is 7.98. The van der Waals surface area contributed by atoms with Gasteiger partial charge in [0.15, 0.2) is 0 Å². The minimum atomic E-state index is -0.688. The second kappa shape index (κ2) is 10.5. The van der Waals surface area contributed by atoms with E-state index in [1.807, 2.05) is 48.7 Å². The first-order valence-electron chi connectivity index (χ1n) is 10.0. The number of hydrogen-bond acceptors (Lipinski definition) is 6. The van der Waals surface area contributed by atoms with Crippen molar-refractivity contribution in [2.45, 2.75) is 25.0 Å². The molecule has 6 nitrogen and oxygen atoms in total. The number of carbonyl (C=O) groups excluding carboxylic acids is 2. The summed E-state index contributed by atoms with van der Waals surface area (Å²) in [5.41, 5.74) is 3.18. The molecule has 0 saturated carbocycles. The van der Waals surface area contributed by atoms with Gasteiger partial charge in [-0.25, -0.2) is 4.79 Å². The smallest absolute Gasteiger partial charge is 0.328 e. The highest BCUT2D eigenvalue weighted by Crippen LogP contribution is 2.30. The molecule has 2 atom stereocenters. The molecule has 30 heavy (non-hydrogen) atoms. The van der Waals surface area contributed by atoms with Crippen LogP contribution in [0.5, 0.6) is 0 Å². The van der Waals surface area contributed by atoms with Gasteiger partial charge in [0.2, 0.25) is 0 Å². The van der Waals surface area contributed by atoms with Crippen molar-refractivity contribution in [1.29, 1.82) is 0 Å². The Labute approximate surface area is 181 Å². The topological polar surface area (TPSA) is 78.9 Å². The lowest BCUT2D eigenvalue weighted by molar-refractivity contribution is -0.142. The Morgan fingerprint density at radius 3 is 2.67 bits per heavy atom. The van der Waals surface area contributed by atoms with E-state index in [9.17, 15) is 14.7 Å². The minimum absolute atomic E-state index is 0.307. The Bertz CT molecular complexity index is 875. The molecule has 3 rings (SSSR count). The molecule has 1 unspecified atom stereocenters. The Balaban J connectivity index is 1.92. The number of nitrogens with zero attached hydrogens (tertiary/aromatic N) is 1. The number of rotatable bonds is 8. The van der Waals surface area contributed by atoms with Gasteiger partial charge in [-0.2, -0.15) is 11.8 Å². The number of hydrogen-bond donors (Lipinski definition) is 2. The van der Waals surface area contributed by atoms with Crippen LogP contribution < -0.4 is 10.2 Å². The average Bonchev–Trinajstić information content (AvgIpc) is 3.22. The molecule has 1 heterocycles. The maximum atomic E-state index is 13.1. The number of benzene rings is 2. The van der Waals surface area contributed by atoms with Crippen LogP contribution in [0.15, 0.2) is 48.5 Å². The van der Waals surface area contributed by atoms with Gasteiger partial charge in [-0.1, -0.05) is 30.3 Å². The first-order chi connectivity index (χ1) is 14.5. The molecule has 0 radical (unpaired) electrons. The summed E-state index contributed by atoms with van der Waals surface area (Å²) in [7, 11) is 1.33. The van der Waals surface area contributed by atoms with E-state index in [-0.39, 0.29) is 12.0 Å². The Hall–Kier alpha value is -2.51. The van der Waals surface area contributed by atoms with Crippen molar-refractivity contribution in [1.82, 2.24) is 5.32 Å². The van der Waals surface area contributed by atoms with Gasteiger partial charge in [0.05, 0.1) is 13.2 Å². The van der Waals surface area contributed by atoms with Crippen molar-refractivity contribution < 1.29 is 19.4 Å². The van der Waals surface area contributed by atoms with Crippen molar-refractivity contribution in [2.24, 2.45) is 0 Å². The summed E-state index contributed by atoms with van der Waals surface area (Å²) >= 11 is 1.61. The maximum absolute atomic E-state index is 13.1. The molecule has 160 valence electrons. The van der Waals surface area contributed by atoms with Crippen molar-refractivity contribution in [2.75, 3.05) is 37.1 Å². The number of ether oxygens (including phenoxy) is 1. The van der Waals surface area contributed by atoms with Crippen LogP contribution in [-0.4, -0.2) is 61.3 Å². The predicted octanol–water partition coefficient (Wildman–Crippen LogP) is 2.95. The van der Waals surface area contributed by atoms with Crippen LogP contribution in [0.1, 0.15) is 23.2 Å². The zero-order valence-corrected chi connectivity index (χ0v) is 18.2. The van der Waals surface area contributed by atoms with Crippen LogP contribution in [0.25, 0.3) is 11.1 Å². The number of anilines is 1. The van der Waals surface area contributed by atoms with Gasteiger partial charge >= 0.3 is 5.97 Å². The fourth-order valence-corrected chi connectivity index (χ4v) is 4.09. The summed E-state index contributed by atoms with van der Waals surface area (Å²) in [6, 6.07) is 14.7. The van der Waals surface area contributed by atoms with Crippen LogP contribution in [-0.2, 0) is 9.53 Å². The van der Waals surface area contributed by atoms with E-state index in [1.165, 1.54) is 7.11 Å². The number of esters is 1. The molecular formula is C23H28N2O4S. The molecule has 0 spiro atoms. The summed E-state index contributed by atoms with van der Waals surface area (Å²) in [4.78, 5) is 27.4. The lowest BCUT2D eigenvalue weighted by atomic mass is 9.97. The molecule has 1 saturated heterocycles. The molecule has 0 bridgehead atoms. The molecule has 1 aliphatic rings. The van der Waals surface area contributed by atoms with Gasteiger partial charge in [-0.15, -0.1) is 0 Å². The van der Waals surface area contributed by atoms with Crippen molar-refractivity contribution in [3.8, 4) is 11.1 Å². The number of amides is 1. The molecule has 1 fully saturated rings. The van der Waals surface area contributed by atoms with Gasteiger partial charge in [0.25, 0.3) is 5.91 Å². The largest absolute Gasteiger partial charge is 0.467 e. The zero-order valence-electron chi connectivity index (χ0n) is 17.3. The van der Waals surface area contributed by atoms with E-state index in [1.54, 1.807) is 17.8 Å². The Morgan fingerprint density at radius 2 is 2.03 bits per heavy atom. The quantitative estimate of drug-likeness (QED) is 0.630. The van der Waals surface area contributed by atoms with E-state index in [0.717, 1.165) is 35.5 Å². The highest BCUT2D eigenvalue weighted by atomic mass is 32.2. The third-order valence-corrected chi connectivity index (χ3v) is 5.91. The third-order valence-electron chi connectivity index (χ3n) is 5.26. The molecule has 1 amide bonds. The first-order valence-corrected chi connectivity index (χ1v) is 11.4. The van der Waals surface area contributed by atoms with E-state index < -0.39 is 12.0 Å². The predicted molar refractivity (Wildman–Crippen MR) is 121 cm³/mol. The van der Waals surface area contributed by atoms with Crippen LogP contribution in [0.2, 0.25) is 0 Å². The van der Waals surface area contributed by atoms with Crippen molar-refractivity contribution in [3.05, 3.63) is 54.1 Å². The van der Waals surface area contributed by atoms with E-state index in [2.05, 4.69) is 10.2 Å². The standard InChI is InChI=1S/C23H28N2O4S/c1-29-23(28)21(11-13-30-2)24-22(27)19-9-8-17(25-12-10-18(26)15-25)14-20(19)16-6-4-3-5-7-16/h3-9,14,18,21,26H,10-13,15H2,1-2H3,(H,24,27)/t18?,21-/m0/s1. The summed E-state index contributed by atoms with van der Waals surface area (Å²) in [6.45, 7) is 1.36. The molecule has 1 aliphatic heterocycles. The highest BCUT2D eigenvalue weighted by Gasteiger charge is 2.25. The second-order valence-electron chi connectivity index (χ2n) is 7.32. The van der Waals surface area contributed by atoms with Crippen LogP contribution in [0, 0.1) is 0 Å². The SMILES string of the molecule is COC(=O)[C@H](CCSC)NC(=O)c1ccc(N2CCC(O)C2)cc1-c1ccccc1. The van der Waals surface area contributed by atoms with Crippen LogP contribution in [0.4, 0.5) is 5.69 Å². The van der Waals surface area contributed by atoms with Gasteiger partial charge in [-0.05, 0) is 54.2 Å². The fraction of sp³-hybridized carbons (Fsp3) is 0.391. The van der Waals surface area contributed by atoms with E-state index in [4.69, 9.17) is 4.74 Å². The summed E-state index contributed by atoms with van der Waals surface area (Å²) in [5.74, 6) is -0.0124. The van der Waals surface area contributed by atoms with E-state index >= 15 is 0 Å². The van der Waals surface area contributed by atoms with Gasteiger partial charge in [-0.3, -0.25) is 4.79 Å². The molecule has 0 aliphatic carbocycles. The lowest BCUT2D eigenvalue weighted by Gasteiger charge is -2.21. The number of thioether (sulfide) groups is 1. The molecule has 2 aromatic rings. The number of aliphatic hydroxyl groups is 1. The van der Waals surface area contributed by atoms with Gasteiger partial charge < -0.3 is 20.1 Å². The number of carbonyl (C=O) groups is 2. The lowest BCUT2D eigenvalue weighted by Crippen LogP contribution is -2.42. The number of aliphatic hydroxyl groups excluding tert-OH is 1. The summed E-state index contributed by atoms with van der Waals surface area (Å²) < 4.78 is 4.86. The normalized spacial score (nSPS) is 16.9. The fourth-order valence-electron chi connectivity index (χ4n) is 3.62. The molecule has 2 N–H and O–H groups in total. The summed E-state index contributed by atoms with van der Waals surface area (Å²) in [6.07, 6.45) is 2.87. The number of β-amino-alcohol motifs (C(OH)–C–C–N with tert-alkyl or cyclic N) is 1. The molecule has 7 heteroatoms. The average molecular weight is 429 g/mol. The van der Waals surface area contributed by atoms with Gasteiger partial charge in [0, 0.05) is 24.3 Å². The maximum Gasteiger partial charge on any atom is 0.328 e. The first kappa shape index (κ1) is 22.2. The summed E-state index contributed by atoms with van der Waals surface area (Å²) in [5, 5.41) is 12.7. The van der Waals surface area contributed by atoms with Gasteiger partial charge in [0.1, 0.15) is 6.04 Å². The van der Waals surface area contributed by atoms with E-state index in [0.29, 0.717) is 18.5 Å². The monoisotopic (exact) mass is 428 g/mol. The zero-order chi connectivity index (χ0) is 21.5.